The first kappa shape index (κ1) is 36.6. The largest absolute Gasteiger partial charge is 0.397 e. The van der Waals surface area contributed by atoms with E-state index < -0.39 is 0 Å². The second kappa shape index (κ2) is 23.5. The van der Waals surface area contributed by atoms with Gasteiger partial charge in [-0.1, -0.05) is 62.4 Å². The van der Waals surface area contributed by atoms with E-state index in [4.69, 9.17) is 16.7 Å². The molecule has 0 aromatic carbocycles. The standard InChI is InChI=1S/C30H41ClN4O2.C2H6O/c1-6-9-15-28(25(5)30(37)33-27-14-11-10-13-26(31)23-27)34-29(36)22-24(4)16-21-35(19-8-3)20-12-18-32-17-7-2;1-2-3/h6-7,9-13,15,17-18,20,23-24H,1,8,14,16,19,21-22H2,2-5H3,(H,33,37)(H,34,36);3H,2H2,1H3/b15-9-,17-7-,20-12+,28-25-,32-18+;. The van der Waals surface area contributed by atoms with Crippen LogP contribution in [0.2, 0.25) is 0 Å². The van der Waals surface area contributed by atoms with E-state index in [-0.39, 0.29) is 24.3 Å². The number of nitrogens with zero attached hydrogens (tertiary/aromatic N) is 2. The van der Waals surface area contributed by atoms with E-state index in [9.17, 15) is 9.59 Å². The van der Waals surface area contributed by atoms with Crippen LogP contribution in [0.3, 0.4) is 0 Å². The number of amides is 2. The highest BCUT2D eigenvalue weighted by molar-refractivity contribution is 6.31. The van der Waals surface area contributed by atoms with Crippen molar-refractivity contribution in [3.63, 3.8) is 0 Å². The van der Waals surface area contributed by atoms with Gasteiger partial charge in [-0.15, -0.1) is 0 Å². The average Bonchev–Trinajstić information content (AvgIpc) is 3.12. The van der Waals surface area contributed by atoms with Crippen LogP contribution in [0.5, 0.6) is 0 Å². The summed E-state index contributed by atoms with van der Waals surface area (Å²) in [6.45, 7) is 15.2. The topological polar surface area (TPSA) is 94.0 Å². The molecule has 220 valence electrons. The van der Waals surface area contributed by atoms with Crippen LogP contribution in [0.15, 0.2) is 101 Å². The summed E-state index contributed by atoms with van der Waals surface area (Å²) in [5.41, 5.74) is 1.52. The lowest BCUT2D eigenvalue weighted by Gasteiger charge is -2.21. The maximum Gasteiger partial charge on any atom is 0.253 e. The van der Waals surface area contributed by atoms with Crippen LogP contribution in [0, 0.1) is 5.92 Å². The Labute approximate surface area is 246 Å². The number of allylic oxidation sites excluding steroid dienone is 10. The molecule has 0 bridgehead atoms. The third-order valence-electron chi connectivity index (χ3n) is 5.39. The number of hydrogen-bond donors (Lipinski definition) is 3. The van der Waals surface area contributed by atoms with Gasteiger partial charge in [0.2, 0.25) is 5.91 Å². The zero-order chi connectivity index (χ0) is 30.2. The fourth-order valence-electron chi connectivity index (χ4n) is 3.40. The van der Waals surface area contributed by atoms with Gasteiger partial charge in [-0.2, -0.15) is 0 Å². The molecule has 0 aliphatic heterocycles. The normalized spacial score (nSPS) is 14.8. The summed E-state index contributed by atoms with van der Waals surface area (Å²) in [4.78, 5) is 32.1. The van der Waals surface area contributed by atoms with Gasteiger partial charge in [-0.05, 0) is 63.8 Å². The number of aliphatic hydroxyl groups excluding tert-OH is 1. The van der Waals surface area contributed by atoms with Crippen LogP contribution in [0.1, 0.15) is 60.3 Å². The zero-order valence-corrected chi connectivity index (χ0v) is 25.5. The van der Waals surface area contributed by atoms with E-state index in [0.29, 0.717) is 34.8 Å². The lowest BCUT2D eigenvalue weighted by Crippen LogP contribution is -2.30. The van der Waals surface area contributed by atoms with Crippen molar-refractivity contribution in [2.24, 2.45) is 10.9 Å². The van der Waals surface area contributed by atoms with Crippen LogP contribution in [0.25, 0.3) is 0 Å². The van der Waals surface area contributed by atoms with E-state index in [2.05, 4.69) is 41.0 Å². The van der Waals surface area contributed by atoms with Crippen molar-refractivity contribution in [1.29, 1.82) is 0 Å². The SMILES string of the molecule is C=C/C=C\C(NC(=O)CC(C)CCN(/C=C/C=N/C=C\C)CCC)=C(/C)C(=O)NC1=CC(Cl)=CC=CC1.CCO. The molecule has 1 aliphatic carbocycles. The molecule has 0 aromatic heterocycles. The van der Waals surface area contributed by atoms with Gasteiger partial charge in [0.15, 0.2) is 0 Å². The van der Waals surface area contributed by atoms with Gasteiger partial charge < -0.3 is 20.6 Å². The first-order chi connectivity index (χ1) is 19.2. The van der Waals surface area contributed by atoms with Crippen molar-refractivity contribution >= 4 is 29.6 Å². The molecule has 0 fully saturated rings. The molecule has 0 spiro atoms. The highest BCUT2D eigenvalue weighted by atomic mass is 35.5. The van der Waals surface area contributed by atoms with E-state index in [0.717, 1.165) is 25.9 Å². The molecule has 1 unspecified atom stereocenters. The Morgan fingerprint density at radius 3 is 2.65 bits per heavy atom. The molecule has 8 heteroatoms. The van der Waals surface area contributed by atoms with Gasteiger partial charge in [0.25, 0.3) is 5.91 Å². The van der Waals surface area contributed by atoms with Gasteiger partial charge in [-0.3, -0.25) is 14.6 Å². The molecule has 1 aliphatic rings. The summed E-state index contributed by atoms with van der Waals surface area (Å²) in [7, 11) is 0. The molecule has 1 rings (SSSR count). The maximum atomic E-state index is 12.9. The highest BCUT2D eigenvalue weighted by Crippen LogP contribution is 2.15. The molecule has 0 heterocycles. The molecular formula is C32H47ClN4O3. The van der Waals surface area contributed by atoms with Gasteiger partial charge in [-0.25, -0.2) is 0 Å². The van der Waals surface area contributed by atoms with Gasteiger partial charge >= 0.3 is 0 Å². The molecular weight excluding hydrogens is 524 g/mol. The van der Waals surface area contributed by atoms with Gasteiger partial charge in [0.1, 0.15) is 0 Å². The van der Waals surface area contributed by atoms with Crippen LogP contribution >= 0.6 is 11.6 Å². The quantitative estimate of drug-likeness (QED) is 0.120. The van der Waals surface area contributed by atoms with Crippen molar-refractivity contribution in [2.45, 2.75) is 60.3 Å². The van der Waals surface area contributed by atoms with Crippen LogP contribution in [-0.4, -0.2) is 47.7 Å². The molecule has 7 nitrogen and oxygen atoms in total. The van der Waals surface area contributed by atoms with Crippen molar-refractivity contribution in [1.82, 2.24) is 15.5 Å². The Hall–Kier alpha value is -3.42. The molecule has 0 radical (unpaired) electrons. The summed E-state index contributed by atoms with van der Waals surface area (Å²) in [5, 5.41) is 13.9. The minimum absolute atomic E-state index is 0.137. The van der Waals surface area contributed by atoms with Crippen LogP contribution in [0.4, 0.5) is 0 Å². The number of nitrogens with one attached hydrogen (secondary N) is 2. The summed E-state index contributed by atoms with van der Waals surface area (Å²) in [5.74, 6) is -0.273. The molecule has 1 atom stereocenters. The molecule has 0 aromatic rings. The number of carbonyl (C=O) groups is 2. The summed E-state index contributed by atoms with van der Waals surface area (Å²) in [6.07, 6.45) is 24.4. The second-order valence-electron chi connectivity index (χ2n) is 9.06. The Morgan fingerprint density at radius 1 is 1.27 bits per heavy atom. The predicted octanol–water partition coefficient (Wildman–Crippen LogP) is 6.45. The van der Waals surface area contributed by atoms with Crippen LogP contribution < -0.4 is 10.6 Å². The molecule has 0 saturated carbocycles. The molecule has 40 heavy (non-hydrogen) atoms. The third kappa shape index (κ3) is 18.0. The minimum atomic E-state index is -0.303. The van der Waals surface area contributed by atoms with Crippen molar-refractivity contribution in [3.05, 3.63) is 95.7 Å². The Balaban J connectivity index is 0.00000483. The van der Waals surface area contributed by atoms with E-state index in [1.807, 2.05) is 37.4 Å². The average molecular weight is 571 g/mol. The lowest BCUT2D eigenvalue weighted by atomic mass is 10.0. The second-order valence-corrected chi connectivity index (χ2v) is 9.50. The van der Waals surface area contributed by atoms with E-state index in [1.165, 1.54) is 0 Å². The number of halogens is 1. The Morgan fingerprint density at radius 2 is 2.00 bits per heavy atom. The third-order valence-corrected chi connectivity index (χ3v) is 5.63. The summed E-state index contributed by atoms with van der Waals surface area (Å²) >= 11 is 6.11. The minimum Gasteiger partial charge on any atom is -0.397 e. The fourth-order valence-corrected chi connectivity index (χ4v) is 3.61. The summed E-state index contributed by atoms with van der Waals surface area (Å²) < 4.78 is 0. The number of aliphatic imine (C=N–C) groups is 1. The number of carbonyl (C=O) groups excluding carboxylic acids is 2. The van der Waals surface area contributed by atoms with Gasteiger partial charge in [0.05, 0.1) is 0 Å². The van der Waals surface area contributed by atoms with Crippen molar-refractivity contribution in [2.75, 3.05) is 19.7 Å². The number of aliphatic hydroxyl groups is 1. The van der Waals surface area contributed by atoms with Crippen molar-refractivity contribution in [3.8, 4) is 0 Å². The number of rotatable bonds is 15. The Kier molecular flexibility index (Phi) is 21.5. The zero-order valence-electron chi connectivity index (χ0n) is 24.7. The monoisotopic (exact) mass is 570 g/mol. The molecule has 3 N–H and O–H groups in total. The predicted molar refractivity (Wildman–Crippen MR) is 170 cm³/mol. The smallest absolute Gasteiger partial charge is 0.253 e. The first-order valence-electron chi connectivity index (χ1n) is 13.7. The lowest BCUT2D eigenvalue weighted by molar-refractivity contribution is -0.121. The fraction of sp³-hybridized carbons (Fsp3) is 0.406. The van der Waals surface area contributed by atoms with Crippen LogP contribution in [-0.2, 0) is 9.59 Å². The Bertz CT molecular complexity index is 1030. The van der Waals surface area contributed by atoms with E-state index >= 15 is 0 Å². The number of hydrogen-bond acceptors (Lipinski definition) is 5. The summed E-state index contributed by atoms with van der Waals surface area (Å²) in [6, 6.07) is 0. The van der Waals surface area contributed by atoms with Crippen molar-refractivity contribution < 1.29 is 14.7 Å². The highest BCUT2D eigenvalue weighted by Gasteiger charge is 2.15. The van der Waals surface area contributed by atoms with Gasteiger partial charge in [0, 0.05) is 73.2 Å². The maximum absolute atomic E-state index is 12.9. The first-order valence-corrected chi connectivity index (χ1v) is 14.1. The molecule has 0 saturated heterocycles. The van der Waals surface area contributed by atoms with E-state index in [1.54, 1.807) is 56.6 Å². The molecule has 2 amide bonds.